The van der Waals surface area contributed by atoms with Crippen LogP contribution in [0.2, 0.25) is 0 Å². The van der Waals surface area contributed by atoms with Gasteiger partial charge in [-0.2, -0.15) is 0 Å². The molecule has 0 bridgehead atoms. The van der Waals surface area contributed by atoms with Crippen LogP contribution in [0.25, 0.3) is 0 Å². The Balaban J connectivity index is 1.44. The Labute approximate surface area is 192 Å². The highest BCUT2D eigenvalue weighted by Gasteiger charge is 2.60. The fraction of sp³-hybridized carbons (Fsp3) is 1.00. The zero-order valence-electron chi connectivity index (χ0n) is 21.1. The molecule has 3 N–H and O–H groups in total. The van der Waals surface area contributed by atoms with E-state index in [0.717, 1.165) is 54.9 Å². The van der Waals surface area contributed by atoms with Gasteiger partial charge in [0.2, 0.25) is 0 Å². The number of hydrogen-bond acceptors (Lipinski definition) is 3. The lowest BCUT2D eigenvalue weighted by atomic mass is 9.44. The highest BCUT2D eigenvalue weighted by atomic mass is 16.3. The SMILES string of the molecule is CCN(CC)CCCC(CN)[C@H]1CC[C@H]2[C@@H]3CC[C@H]4C[C@@H](O)CC[C@]4(C)[C@H]3CC[C@]12C. The number of aliphatic hydroxyl groups excluding tert-OH is 1. The van der Waals surface area contributed by atoms with Crippen LogP contribution in [0.4, 0.5) is 0 Å². The first-order valence-electron chi connectivity index (χ1n) is 14.0. The first-order valence-corrected chi connectivity index (χ1v) is 14.0. The van der Waals surface area contributed by atoms with Crippen molar-refractivity contribution in [3.05, 3.63) is 0 Å². The molecule has 4 rings (SSSR count). The average molecular weight is 433 g/mol. The number of fused-ring (bicyclic) bond motifs is 5. The van der Waals surface area contributed by atoms with Gasteiger partial charge in [0.1, 0.15) is 0 Å². The maximum atomic E-state index is 10.3. The van der Waals surface area contributed by atoms with Crippen molar-refractivity contribution >= 4 is 0 Å². The van der Waals surface area contributed by atoms with E-state index in [1.54, 1.807) is 0 Å². The molecule has 0 aliphatic heterocycles. The molecule has 0 radical (unpaired) electrons. The molecule has 3 nitrogen and oxygen atoms in total. The summed E-state index contributed by atoms with van der Waals surface area (Å²) < 4.78 is 0. The summed E-state index contributed by atoms with van der Waals surface area (Å²) in [5, 5.41) is 10.3. The van der Waals surface area contributed by atoms with E-state index in [4.69, 9.17) is 5.73 Å². The maximum absolute atomic E-state index is 10.3. The first kappa shape index (κ1) is 24.0. The van der Waals surface area contributed by atoms with Gasteiger partial charge in [0.15, 0.2) is 0 Å². The van der Waals surface area contributed by atoms with E-state index in [1.165, 1.54) is 77.4 Å². The summed E-state index contributed by atoms with van der Waals surface area (Å²) in [6, 6.07) is 0. The van der Waals surface area contributed by atoms with Crippen molar-refractivity contribution in [2.75, 3.05) is 26.2 Å². The first-order chi connectivity index (χ1) is 14.9. The van der Waals surface area contributed by atoms with Crippen molar-refractivity contribution in [3.8, 4) is 0 Å². The molecule has 0 aromatic rings. The molecule has 3 heteroatoms. The summed E-state index contributed by atoms with van der Waals surface area (Å²) >= 11 is 0. The maximum Gasteiger partial charge on any atom is 0.0543 e. The van der Waals surface area contributed by atoms with Crippen LogP contribution >= 0.6 is 0 Å². The zero-order chi connectivity index (χ0) is 22.2. The second-order valence-electron chi connectivity index (χ2n) is 12.5. The largest absolute Gasteiger partial charge is 0.393 e. The van der Waals surface area contributed by atoms with Crippen LogP contribution in [0.5, 0.6) is 0 Å². The Morgan fingerprint density at radius 1 is 0.935 bits per heavy atom. The molecule has 0 amide bonds. The van der Waals surface area contributed by atoms with Crippen LogP contribution in [0.15, 0.2) is 0 Å². The smallest absolute Gasteiger partial charge is 0.0543 e. The highest BCUT2D eigenvalue weighted by Crippen LogP contribution is 2.68. The van der Waals surface area contributed by atoms with E-state index in [-0.39, 0.29) is 6.10 Å². The monoisotopic (exact) mass is 432 g/mol. The Hall–Kier alpha value is -0.120. The topological polar surface area (TPSA) is 49.5 Å². The van der Waals surface area contributed by atoms with Gasteiger partial charge < -0.3 is 15.7 Å². The van der Waals surface area contributed by atoms with Crippen LogP contribution in [-0.2, 0) is 0 Å². The third kappa shape index (κ3) is 4.26. The standard InChI is InChI=1S/C28H52N2O/c1-5-30(6-2)17-7-8-20(19-29)24-11-12-25-23-10-9-21-18-22(31)13-15-27(21,3)26(23)14-16-28(24,25)4/h20-26,31H,5-19,29H2,1-4H3/t20?,21-,22-,23-,24+,25-,26-,27-,28+/m0/s1. The molecule has 0 aromatic carbocycles. The van der Waals surface area contributed by atoms with E-state index < -0.39 is 0 Å². The second-order valence-corrected chi connectivity index (χ2v) is 12.5. The molecule has 4 aliphatic carbocycles. The third-order valence-corrected chi connectivity index (χ3v) is 11.5. The van der Waals surface area contributed by atoms with Gasteiger partial charge in [-0.05, 0) is 143 Å². The Kier molecular flexibility index (Phi) is 7.46. The predicted molar refractivity (Wildman–Crippen MR) is 131 cm³/mol. The summed E-state index contributed by atoms with van der Waals surface area (Å²) in [5.74, 6) is 5.12. The molecule has 4 fully saturated rings. The fourth-order valence-corrected chi connectivity index (χ4v) is 9.65. The lowest BCUT2D eigenvalue weighted by Gasteiger charge is -2.61. The molecule has 0 heterocycles. The molecule has 0 saturated heterocycles. The van der Waals surface area contributed by atoms with E-state index >= 15 is 0 Å². The minimum absolute atomic E-state index is 0.0269. The summed E-state index contributed by atoms with van der Waals surface area (Å²) in [7, 11) is 0. The van der Waals surface area contributed by atoms with Crippen molar-refractivity contribution in [2.45, 2.75) is 104 Å². The van der Waals surface area contributed by atoms with Crippen LogP contribution in [0.3, 0.4) is 0 Å². The van der Waals surface area contributed by atoms with Gasteiger partial charge in [-0.3, -0.25) is 0 Å². The van der Waals surface area contributed by atoms with Gasteiger partial charge in [0.05, 0.1) is 6.10 Å². The average Bonchev–Trinajstić information content (AvgIpc) is 3.12. The summed E-state index contributed by atoms with van der Waals surface area (Å²) in [4.78, 5) is 2.57. The molecule has 1 unspecified atom stereocenters. The van der Waals surface area contributed by atoms with Crippen molar-refractivity contribution in [1.29, 1.82) is 0 Å². The number of rotatable bonds is 8. The lowest BCUT2D eigenvalue weighted by Crippen LogP contribution is -2.54. The van der Waals surface area contributed by atoms with Crippen LogP contribution < -0.4 is 5.73 Å². The van der Waals surface area contributed by atoms with Crippen molar-refractivity contribution in [1.82, 2.24) is 4.90 Å². The fourth-order valence-electron chi connectivity index (χ4n) is 9.65. The summed E-state index contributed by atoms with van der Waals surface area (Å²) in [6.07, 6.45) is 14.6. The number of aliphatic hydroxyl groups is 1. The molecule has 180 valence electrons. The van der Waals surface area contributed by atoms with E-state index in [2.05, 4.69) is 32.6 Å². The second kappa shape index (κ2) is 9.63. The number of nitrogens with zero attached hydrogens (tertiary/aromatic N) is 1. The third-order valence-electron chi connectivity index (χ3n) is 11.5. The Morgan fingerprint density at radius 2 is 1.65 bits per heavy atom. The van der Waals surface area contributed by atoms with Crippen molar-refractivity contribution < 1.29 is 5.11 Å². The van der Waals surface area contributed by atoms with Gasteiger partial charge >= 0.3 is 0 Å². The lowest BCUT2D eigenvalue weighted by molar-refractivity contribution is -0.129. The molecular weight excluding hydrogens is 380 g/mol. The van der Waals surface area contributed by atoms with Crippen LogP contribution in [0, 0.1) is 46.3 Å². The number of nitrogens with two attached hydrogens (primary N) is 1. The predicted octanol–water partition coefficient (Wildman–Crippen LogP) is 5.70. The van der Waals surface area contributed by atoms with Crippen molar-refractivity contribution in [3.63, 3.8) is 0 Å². The van der Waals surface area contributed by atoms with Gasteiger partial charge in [-0.1, -0.05) is 27.7 Å². The van der Waals surface area contributed by atoms with Gasteiger partial charge in [0, 0.05) is 0 Å². The quantitative estimate of drug-likeness (QED) is 0.517. The van der Waals surface area contributed by atoms with E-state index in [1.807, 2.05) is 0 Å². The zero-order valence-corrected chi connectivity index (χ0v) is 21.1. The summed E-state index contributed by atoms with van der Waals surface area (Å²) in [6.45, 7) is 14.3. The Bertz CT molecular complexity index is 592. The highest BCUT2D eigenvalue weighted by molar-refractivity contribution is 5.10. The minimum Gasteiger partial charge on any atom is -0.393 e. The molecule has 4 saturated carbocycles. The van der Waals surface area contributed by atoms with Gasteiger partial charge in [0.25, 0.3) is 0 Å². The van der Waals surface area contributed by atoms with Crippen molar-refractivity contribution in [2.24, 2.45) is 52.1 Å². The van der Waals surface area contributed by atoms with E-state index in [9.17, 15) is 5.11 Å². The minimum atomic E-state index is -0.0269. The molecule has 0 spiro atoms. The molecular formula is C28H52N2O. The molecule has 9 atom stereocenters. The van der Waals surface area contributed by atoms with Crippen LogP contribution in [0.1, 0.15) is 98.3 Å². The Morgan fingerprint density at radius 3 is 2.35 bits per heavy atom. The van der Waals surface area contributed by atoms with Gasteiger partial charge in [-0.15, -0.1) is 0 Å². The van der Waals surface area contributed by atoms with Crippen LogP contribution in [-0.4, -0.2) is 42.3 Å². The normalized spacial score (nSPS) is 45.8. The number of hydrogen-bond donors (Lipinski definition) is 2. The van der Waals surface area contributed by atoms with E-state index in [0.29, 0.717) is 10.8 Å². The van der Waals surface area contributed by atoms with Gasteiger partial charge in [-0.25, -0.2) is 0 Å². The molecule has 31 heavy (non-hydrogen) atoms. The molecule has 0 aromatic heterocycles. The summed E-state index contributed by atoms with van der Waals surface area (Å²) in [5.41, 5.74) is 7.46. The molecule has 4 aliphatic rings.